The Labute approximate surface area is 173 Å². The van der Waals surface area contributed by atoms with Crippen LogP contribution in [0, 0.1) is 0 Å². The molecule has 1 aromatic carbocycles. The van der Waals surface area contributed by atoms with Crippen LogP contribution in [0.2, 0.25) is 0 Å². The molecule has 3 rings (SSSR count). The number of carbonyl (C=O) groups is 2. The summed E-state index contributed by atoms with van der Waals surface area (Å²) >= 11 is 0. The number of amides is 2. The summed E-state index contributed by atoms with van der Waals surface area (Å²) in [6.45, 7) is 2.24. The van der Waals surface area contributed by atoms with Gasteiger partial charge in [0.2, 0.25) is 11.8 Å². The summed E-state index contributed by atoms with van der Waals surface area (Å²) in [4.78, 5) is 27.7. The average molecular weight is 403 g/mol. The van der Waals surface area contributed by atoms with Crippen LogP contribution in [0.1, 0.15) is 70.3 Å². The predicted octanol–water partition coefficient (Wildman–Crippen LogP) is 3.81. The topological polar surface area (TPSA) is 67.9 Å². The highest BCUT2D eigenvalue weighted by molar-refractivity contribution is 5.94. The zero-order valence-electron chi connectivity index (χ0n) is 18.0. The van der Waals surface area contributed by atoms with E-state index in [2.05, 4.69) is 5.32 Å². The fraction of sp³-hybridized carbons (Fsp3) is 0.652. The number of nitrogens with zero attached hydrogens (tertiary/aromatic N) is 1. The summed E-state index contributed by atoms with van der Waals surface area (Å²) in [7, 11) is 3.21. The van der Waals surface area contributed by atoms with Gasteiger partial charge in [-0.25, -0.2) is 0 Å². The van der Waals surface area contributed by atoms with Crippen LogP contribution in [0.15, 0.2) is 18.2 Å². The van der Waals surface area contributed by atoms with Gasteiger partial charge in [-0.05, 0) is 38.3 Å². The molecule has 2 aliphatic rings. The summed E-state index contributed by atoms with van der Waals surface area (Å²) < 4.78 is 10.8. The molecule has 1 heterocycles. The molecule has 6 nitrogen and oxygen atoms in total. The zero-order chi connectivity index (χ0) is 20.9. The summed E-state index contributed by atoms with van der Waals surface area (Å²) in [5.74, 6) is 1.34. The number of hydrogen-bond donors (Lipinski definition) is 1. The monoisotopic (exact) mass is 402 g/mol. The van der Waals surface area contributed by atoms with Crippen molar-refractivity contribution in [1.82, 2.24) is 10.2 Å². The Balaban J connectivity index is 1.75. The molecule has 1 atom stereocenters. The first-order valence-corrected chi connectivity index (χ1v) is 10.8. The van der Waals surface area contributed by atoms with E-state index in [1.807, 2.05) is 25.1 Å². The minimum atomic E-state index is -0.829. The number of benzene rings is 1. The number of methoxy groups -OCH3 is 2. The molecule has 2 amide bonds. The van der Waals surface area contributed by atoms with Gasteiger partial charge in [0.05, 0.1) is 20.8 Å². The quantitative estimate of drug-likeness (QED) is 0.786. The minimum absolute atomic E-state index is 0.0122. The predicted molar refractivity (Wildman–Crippen MR) is 112 cm³/mol. The molecular formula is C23H34N2O4. The van der Waals surface area contributed by atoms with E-state index in [1.165, 1.54) is 19.3 Å². The van der Waals surface area contributed by atoms with E-state index in [9.17, 15) is 9.59 Å². The van der Waals surface area contributed by atoms with Crippen LogP contribution in [0.3, 0.4) is 0 Å². The molecule has 1 unspecified atom stereocenters. The number of likely N-dealkylation sites (tertiary alicyclic amines) is 1. The minimum Gasteiger partial charge on any atom is -0.497 e. The van der Waals surface area contributed by atoms with Gasteiger partial charge < -0.3 is 19.7 Å². The highest BCUT2D eigenvalue weighted by atomic mass is 16.5. The van der Waals surface area contributed by atoms with Crippen molar-refractivity contribution in [1.29, 1.82) is 0 Å². The van der Waals surface area contributed by atoms with Crippen LogP contribution >= 0.6 is 0 Å². The Morgan fingerprint density at radius 3 is 2.48 bits per heavy atom. The normalized spacial score (nSPS) is 23.4. The van der Waals surface area contributed by atoms with E-state index >= 15 is 0 Å². The third-order valence-corrected chi connectivity index (χ3v) is 6.47. The molecule has 1 N–H and O–H groups in total. The van der Waals surface area contributed by atoms with Crippen molar-refractivity contribution in [2.24, 2.45) is 0 Å². The smallest absolute Gasteiger partial charge is 0.245 e. The molecule has 29 heavy (non-hydrogen) atoms. The maximum atomic E-state index is 13.3. The molecule has 1 aliphatic heterocycles. The van der Waals surface area contributed by atoms with Crippen molar-refractivity contribution in [3.05, 3.63) is 23.8 Å². The molecule has 0 aromatic heterocycles. The lowest BCUT2D eigenvalue weighted by Gasteiger charge is -2.36. The van der Waals surface area contributed by atoms with Gasteiger partial charge in [-0.3, -0.25) is 9.59 Å². The van der Waals surface area contributed by atoms with Gasteiger partial charge in [0.1, 0.15) is 17.0 Å². The molecule has 1 aliphatic carbocycles. The number of ether oxygens (including phenoxy) is 2. The lowest BCUT2D eigenvalue weighted by molar-refractivity contribution is -0.141. The van der Waals surface area contributed by atoms with E-state index in [1.54, 1.807) is 19.1 Å². The van der Waals surface area contributed by atoms with Gasteiger partial charge >= 0.3 is 0 Å². The first kappa shape index (κ1) is 21.5. The van der Waals surface area contributed by atoms with Crippen LogP contribution in [0.4, 0.5) is 0 Å². The van der Waals surface area contributed by atoms with Crippen molar-refractivity contribution in [2.75, 3.05) is 14.2 Å². The highest BCUT2D eigenvalue weighted by Crippen LogP contribution is 2.35. The van der Waals surface area contributed by atoms with Gasteiger partial charge in [-0.15, -0.1) is 0 Å². The van der Waals surface area contributed by atoms with E-state index in [-0.39, 0.29) is 17.9 Å². The van der Waals surface area contributed by atoms with Gasteiger partial charge in [-0.2, -0.15) is 0 Å². The van der Waals surface area contributed by atoms with Crippen molar-refractivity contribution in [2.45, 2.75) is 82.8 Å². The van der Waals surface area contributed by atoms with Crippen molar-refractivity contribution < 1.29 is 19.1 Å². The Bertz CT molecular complexity index is 728. The second-order valence-electron chi connectivity index (χ2n) is 8.45. The number of carbonyl (C=O) groups excluding carboxylic acids is 2. The zero-order valence-corrected chi connectivity index (χ0v) is 18.0. The highest BCUT2D eigenvalue weighted by Gasteiger charge is 2.47. The first-order valence-electron chi connectivity index (χ1n) is 10.8. The number of rotatable bonds is 6. The second kappa shape index (κ2) is 9.51. The summed E-state index contributed by atoms with van der Waals surface area (Å²) in [5, 5.41) is 3.27. The van der Waals surface area contributed by atoms with E-state index in [4.69, 9.17) is 9.47 Å². The maximum absolute atomic E-state index is 13.3. The Morgan fingerprint density at radius 2 is 1.83 bits per heavy atom. The molecule has 0 radical (unpaired) electrons. The number of nitrogens with one attached hydrogen (secondary N) is 1. The second-order valence-corrected chi connectivity index (χ2v) is 8.45. The van der Waals surface area contributed by atoms with E-state index in [0.717, 1.165) is 31.2 Å². The lowest BCUT2D eigenvalue weighted by atomic mass is 9.93. The van der Waals surface area contributed by atoms with Crippen molar-refractivity contribution in [3.8, 4) is 11.5 Å². The van der Waals surface area contributed by atoms with Gasteiger partial charge in [0.15, 0.2) is 0 Å². The molecule has 2 fully saturated rings. The van der Waals surface area contributed by atoms with Crippen LogP contribution in [0.5, 0.6) is 11.5 Å². The van der Waals surface area contributed by atoms with E-state index < -0.39 is 5.54 Å². The largest absolute Gasteiger partial charge is 0.497 e. The standard InChI is InChI=1S/C23H34N2O4/c1-23(22(27)24-18-9-7-5-4-6-8-10-18)14-13-21(26)25(23)16-17-11-12-19(28-2)15-20(17)29-3/h11-12,15,18H,4-10,13-14,16H2,1-3H3,(H,24,27). The van der Waals surface area contributed by atoms with Crippen molar-refractivity contribution >= 4 is 11.8 Å². The van der Waals surface area contributed by atoms with Gasteiger partial charge in [0.25, 0.3) is 0 Å². The van der Waals surface area contributed by atoms with Crippen LogP contribution in [0.25, 0.3) is 0 Å². The summed E-state index contributed by atoms with van der Waals surface area (Å²) in [6, 6.07) is 5.77. The molecular weight excluding hydrogens is 368 g/mol. The Kier molecular flexibility index (Phi) is 7.04. The van der Waals surface area contributed by atoms with Crippen molar-refractivity contribution in [3.63, 3.8) is 0 Å². The molecule has 160 valence electrons. The van der Waals surface area contributed by atoms with Crippen LogP contribution in [-0.4, -0.2) is 42.5 Å². The molecule has 1 saturated heterocycles. The summed E-state index contributed by atoms with van der Waals surface area (Å²) in [5.41, 5.74) is 0.0400. The summed E-state index contributed by atoms with van der Waals surface area (Å²) in [6.07, 6.45) is 9.10. The number of hydrogen-bond acceptors (Lipinski definition) is 4. The van der Waals surface area contributed by atoms with Crippen LogP contribution < -0.4 is 14.8 Å². The molecule has 0 bridgehead atoms. The molecule has 1 saturated carbocycles. The SMILES string of the molecule is COc1ccc(CN2C(=O)CCC2(C)C(=O)NC2CCCCCCC2)c(OC)c1. The third kappa shape index (κ3) is 4.85. The Hall–Kier alpha value is -2.24. The Morgan fingerprint density at radius 1 is 1.14 bits per heavy atom. The first-order chi connectivity index (χ1) is 14.0. The van der Waals surface area contributed by atoms with Crippen LogP contribution in [-0.2, 0) is 16.1 Å². The molecule has 6 heteroatoms. The fourth-order valence-electron chi connectivity index (χ4n) is 4.49. The van der Waals surface area contributed by atoms with E-state index in [0.29, 0.717) is 30.9 Å². The third-order valence-electron chi connectivity index (χ3n) is 6.47. The van der Waals surface area contributed by atoms with Gasteiger partial charge in [0, 0.05) is 24.1 Å². The average Bonchev–Trinajstić information content (AvgIpc) is 2.99. The van der Waals surface area contributed by atoms with Gasteiger partial charge in [-0.1, -0.05) is 32.1 Å². The molecule has 0 spiro atoms. The molecule has 1 aromatic rings. The lowest BCUT2D eigenvalue weighted by Crippen LogP contribution is -2.56. The maximum Gasteiger partial charge on any atom is 0.245 e. The fourth-order valence-corrected chi connectivity index (χ4v) is 4.49.